The Kier molecular flexibility index (Phi) is 2.65. The minimum Gasteiger partial charge on any atom is -0.493 e. The van der Waals surface area contributed by atoms with Crippen molar-refractivity contribution >= 4 is 18.3 Å². The molecule has 0 aliphatic heterocycles. The van der Waals surface area contributed by atoms with E-state index in [1.54, 1.807) is 6.07 Å². The van der Waals surface area contributed by atoms with Crippen LogP contribution in [0.2, 0.25) is 0 Å². The van der Waals surface area contributed by atoms with Gasteiger partial charge in [0.05, 0.1) is 11.5 Å². The van der Waals surface area contributed by atoms with Gasteiger partial charge in [-0.3, -0.25) is 0 Å². The molecule has 0 spiro atoms. The van der Waals surface area contributed by atoms with E-state index in [-0.39, 0.29) is 0 Å². The molecule has 0 aliphatic carbocycles. The number of hydrogen-bond donors (Lipinski definition) is 2. The Balaban J connectivity index is 2.96. The molecule has 0 saturated heterocycles. The number of thiol groups is 1. The summed E-state index contributed by atoms with van der Waals surface area (Å²) in [6.45, 7) is 2.56. The van der Waals surface area contributed by atoms with E-state index in [9.17, 15) is 0 Å². The van der Waals surface area contributed by atoms with Crippen molar-refractivity contribution in [3.05, 3.63) is 18.2 Å². The number of benzene rings is 1. The zero-order chi connectivity index (χ0) is 8.27. The normalized spacial score (nSPS) is 9.64. The highest BCUT2D eigenvalue weighted by Gasteiger charge is 2.00. The summed E-state index contributed by atoms with van der Waals surface area (Å²) in [7, 11) is 0. The summed E-state index contributed by atoms with van der Waals surface area (Å²) in [5.41, 5.74) is 6.25. The molecule has 0 bridgehead atoms. The van der Waals surface area contributed by atoms with Crippen molar-refractivity contribution < 1.29 is 4.74 Å². The molecule has 0 fully saturated rings. The average Bonchev–Trinajstić information content (AvgIpc) is 1.99. The molecule has 3 heteroatoms. The number of hydrogen-bond acceptors (Lipinski definition) is 3. The highest BCUT2D eigenvalue weighted by Crippen LogP contribution is 2.27. The van der Waals surface area contributed by atoms with Crippen LogP contribution >= 0.6 is 12.6 Å². The van der Waals surface area contributed by atoms with E-state index < -0.39 is 0 Å². The Hall–Kier alpha value is -0.830. The summed E-state index contributed by atoms with van der Waals surface area (Å²) >= 11 is 4.20. The molecule has 1 aromatic carbocycles. The molecule has 1 aromatic rings. The van der Waals surface area contributed by atoms with E-state index in [0.717, 1.165) is 5.75 Å². The molecule has 1 rings (SSSR count). The van der Waals surface area contributed by atoms with Gasteiger partial charge in [-0.25, -0.2) is 0 Å². The first-order valence-electron chi connectivity index (χ1n) is 3.46. The van der Waals surface area contributed by atoms with Crippen molar-refractivity contribution in [3.63, 3.8) is 0 Å². The van der Waals surface area contributed by atoms with E-state index >= 15 is 0 Å². The lowest BCUT2D eigenvalue weighted by Gasteiger charge is -2.06. The molecule has 0 saturated carbocycles. The van der Waals surface area contributed by atoms with Gasteiger partial charge in [0.1, 0.15) is 5.75 Å². The summed E-state index contributed by atoms with van der Waals surface area (Å²) in [5.74, 6) is 0.746. The van der Waals surface area contributed by atoms with Crippen LogP contribution < -0.4 is 10.5 Å². The van der Waals surface area contributed by atoms with E-state index in [2.05, 4.69) is 12.6 Å². The van der Waals surface area contributed by atoms with Gasteiger partial charge in [0, 0.05) is 5.69 Å². The second kappa shape index (κ2) is 3.53. The van der Waals surface area contributed by atoms with Crippen LogP contribution in [0, 0.1) is 0 Å². The van der Waals surface area contributed by atoms with Gasteiger partial charge >= 0.3 is 0 Å². The molecule has 0 aromatic heterocycles. The van der Waals surface area contributed by atoms with E-state index in [1.165, 1.54) is 0 Å². The molecule has 0 heterocycles. The number of rotatable bonds is 2. The van der Waals surface area contributed by atoms with Gasteiger partial charge in [-0.15, -0.1) is 12.6 Å². The molecule has 0 atom stereocenters. The minimum absolute atomic E-state index is 0.636. The smallest absolute Gasteiger partial charge is 0.134 e. The highest BCUT2D eigenvalue weighted by molar-refractivity contribution is 7.80. The molecule has 0 amide bonds. The van der Waals surface area contributed by atoms with Gasteiger partial charge in [0.15, 0.2) is 0 Å². The van der Waals surface area contributed by atoms with Gasteiger partial charge in [-0.1, -0.05) is 6.07 Å². The molecule has 0 unspecified atom stereocenters. The van der Waals surface area contributed by atoms with Gasteiger partial charge in [0.2, 0.25) is 0 Å². The number of ether oxygens (including phenoxy) is 1. The average molecular weight is 169 g/mol. The Morgan fingerprint density at radius 2 is 2.27 bits per heavy atom. The SMILES string of the molecule is CCOc1cccc(N)c1S. The topological polar surface area (TPSA) is 35.2 Å². The first-order chi connectivity index (χ1) is 5.25. The second-order valence-corrected chi connectivity index (χ2v) is 2.57. The lowest BCUT2D eigenvalue weighted by molar-refractivity contribution is 0.333. The summed E-state index contributed by atoms with van der Waals surface area (Å²) in [4.78, 5) is 0.717. The van der Waals surface area contributed by atoms with Gasteiger partial charge < -0.3 is 10.5 Å². The van der Waals surface area contributed by atoms with Crippen LogP contribution in [-0.4, -0.2) is 6.61 Å². The monoisotopic (exact) mass is 169 g/mol. The first kappa shape index (κ1) is 8.27. The Labute approximate surface area is 71.8 Å². The van der Waals surface area contributed by atoms with Gasteiger partial charge in [0.25, 0.3) is 0 Å². The third kappa shape index (κ3) is 1.80. The van der Waals surface area contributed by atoms with Crippen molar-refractivity contribution in [1.82, 2.24) is 0 Å². The van der Waals surface area contributed by atoms with Crippen LogP contribution in [0.4, 0.5) is 5.69 Å². The zero-order valence-electron chi connectivity index (χ0n) is 6.37. The van der Waals surface area contributed by atoms with Crippen LogP contribution in [0.5, 0.6) is 5.75 Å². The molecule has 2 nitrogen and oxygen atoms in total. The number of nitrogen functional groups attached to an aromatic ring is 1. The number of anilines is 1. The highest BCUT2D eigenvalue weighted by atomic mass is 32.1. The fraction of sp³-hybridized carbons (Fsp3) is 0.250. The third-order valence-electron chi connectivity index (χ3n) is 1.33. The summed E-state index contributed by atoms with van der Waals surface area (Å²) in [6, 6.07) is 5.49. The minimum atomic E-state index is 0.636. The predicted molar refractivity (Wildman–Crippen MR) is 49.3 cm³/mol. The van der Waals surface area contributed by atoms with Crippen LogP contribution in [0.15, 0.2) is 23.1 Å². The van der Waals surface area contributed by atoms with Crippen LogP contribution in [-0.2, 0) is 0 Å². The molecule has 60 valence electrons. The first-order valence-corrected chi connectivity index (χ1v) is 3.90. The van der Waals surface area contributed by atoms with Crippen molar-refractivity contribution in [1.29, 1.82) is 0 Å². The molecule has 0 radical (unpaired) electrons. The predicted octanol–water partition coefficient (Wildman–Crippen LogP) is 1.96. The Morgan fingerprint density at radius 3 is 2.91 bits per heavy atom. The van der Waals surface area contributed by atoms with Gasteiger partial charge in [-0.2, -0.15) is 0 Å². The maximum atomic E-state index is 5.59. The summed E-state index contributed by atoms with van der Waals surface area (Å²) in [6.07, 6.45) is 0. The maximum Gasteiger partial charge on any atom is 0.134 e. The molecule has 2 N–H and O–H groups in total. The van der Waals surface area contributed by atoms with Crippen molar-refractivity contribution in [2.45, 2.75) is 11.8 Å². The summed E-state index contributed by atoms with van der Waals surface area (Å²) < 4.78 is 5.26. The van der Waals surface area contributed by atoms with Crippen LogP contribution in [0.3, 0.4) is 0 Å². The Bertz CT molecular complexity index is 250. The third-order valence-corrected chi connectivity index (χ3v) is 1.81. The summed E-state index contributed by atoms with van der Waals surface area (Å²) in [5, 5.41) is 0. The molecule has 11 heavy (non-hydrogen) atoms. The molecular weight excluding hydrogens is 158 g/mol. The maximum absolute atomic E-state index is 5.59. The van der Waals surface area contributed by atoms with E-state index in [0.29, 0.717) is 17.2 Å². The number of nitrogens with two attached hydrogens (primary N) is 1. The Morgan fingerprint density at radius 1 is 1.55 bits per heavy atom. The molecule has 0 aliphatic rings. The van der Waals surface area contributed by atoms with Crippen molar-refractivity contribution in [2.24, 2.45) is 0 Å². The van der Waals surface area contributed by atoms with E-state index in [4.69, 9.17) is 10.5 Å². The zero-order valence-corrected chi connectivity index (χ0v) is 7.27. The fourth-order valence-corrected chi connectivity index (χ4v) is 1.02. The van der Waals surface area contributed by atoms with Crippen molar-refractivity contribution in [3.8, 4) is 5.75 Å². The van der Waals surface area contributed by atoms with Crippen LogP contribution in [0.25, 0.3) is 0 Å². The van der Waals surface area contributed by atoms with Crippen molar-refractivity contribution in [2.75, 3.05) is 12.3 Å². The second-order valence-electron chi connectivity index (χ2n) is 2.13. The lowest BCUT2D eigenvalue weighted by atomic mass is 10.3. The quantitative estimate of drug-likeness (QED) is 0.524. The largest absolute Gasteiger partial charge is 0.493 e. The van der Waals surface area contributed by atoms with E-state index in [1.807, 2.05) is 19.1 Å². The molecular formula is C8H11NOS. The van der Waals surface area contributed by atoms with Crippen LogP contribution in [0.1, 0.15) is 6.92 Å². The fourth-order valence-electron chi connectivity index (χ4n) is 0.811. The van der Waals surface area contributed by atoms with Gasteiger partial charge in [-0.05, 0) is 19.1 Å². The standard InChI is InChI=1S/C8H11NOS/c1-2-10-7-5-3-4-6(9)8(7)11/h3-5,11H,2,9H2,1H3. The lowest BCUT2D eigenvalue weighted by Crippen LogP contribution is -1.94.